The molecule has 1 N–H and O–H groups in total. The molecule has 1 aromatic heterocycles. The van der Waals surface area contributed by atoms with Crippen LogP contribution in [0.4, 0.5) is 0 Å². The van der Waals surface area contributed by atoms with Gasteiger partial charge in [0, 0.05) is 4.47 Å². The van der Waals surface area contributed by atoms with Crippen LogP contribution in [0.25, 0.3) is 0 Å². The third-order valence-electron chi connectivity index (χ3n) is 3.09. The van der Waals surface area contributed by atoms with Gasteiger partial charge in [-0.15, -0.1) is 11.3 Å². The van der Waals surface area contributed by atoms with E-state index in [0.29, 0.717) is 11.5 Å². The topological polar surface area (TPSA) is 38.3 Å². The molecule has 112 valence electrons. The number of rotatable bonds is 5. The fourth-order valence-corrected chi connectivity index (χ4v) is 3.48. The SMILES string of the molecule is Cc1cccc(C)c1OCC(C)NC(=O)c1sccc1Br. The Labute approximate surface area is 137 Å². The molecule has 0 radical (unpaired) electrons. The Hall–Kier alpha value is -1.33. The maximum absolute atomic E-state index is 12.1. The van der Waals surface area contributed by atoms with Crippen LogP contribution in [0.1, 0.15) is 27.7 Å². The number of nitrogens with one attached hydrogen (secondary N) is 1. The zero-order valence-electron chi connectivity index (χ0n) is 12.3. The molecule has 1 aromatic carbocycles. The Morgan fingerprint density at radius 2 is 2.00 bits per heavy atom. The number of halogens is 1. The second-order valence-corrected chi connectivity index (χ2v) is 6.77. The van der Waals surface area contributed by atoms with E-state index in [2.05, 4.69) is 21.2 Å². The summed E-state index contributed by atoms with van der Waals surface area (Å²) in [6.07, 6.45) is 0. The minimum absolute atomic E-state index is 0.0643. The van der Waals surface area contributed by atoms with Crippen molar-refractivity contribution in [2.45, 2.75) is 26.8 Å². The Balaban J connectivity index is 1.92. The first-order valence-electron chi connectivity index (χ1n) is 6.72. The first-order chi connectivity index (χ1) is 9.99. The molecule has 3 nitrogen and oxygen atoms in total. The molecule has 0 aliphatic carbocycles. The van der Waals surface area contributed by atoms with Gasteiger partial charge in [-0.25, -0.2) is 0 Å². The summed E-state index contributed by atoms with van der Waals surface area (Å²) in [6.45, 7) is 6.43. The van der Waals surface area contributed by atoms with E-state index in [1.54, 1.807) is 0 Å². The molecule has 2 rings (SSSR count). The van der Waals surface area contributed by atoms with Crippen molar-refractivity contribution < 1.29 is 9.53 Å². The highest BCUT2D eigenvalue weighted by Crippen LogP contribution is 2.23. The van der Waals surface area contributed by atoms with Gasteiger partial charge in [0.05, 0.1) is 6.04 Å². The van der Waals surface area contributed by atoms with Gasteiger partial charge in [0.1, 0.15) is 17.2 Å². The van der Waals surface area contributed by atoms with Crippen LogP contribution < -0.4 is 10.1 Å². The average molecular weight is 368 g/mol. The zero-order valence-corrected chi connectivity index (χ0v) is 14.7. The predicted octanol–water partition coefficient (Wildman–Crippen LogP) is 4.32. The summed E-state index contributed by atoms with van der Waals surface area (Å²) in [7, 11) is 0. The van der Waals surface area contributed by atoms with Crippen molar-refractivity contribution >= 4 is 33.2 Å². The predicted molar refractivity (Wildman–Crippen MR) is 90.4 cm³/mol. The lowest BCUT2D eigenvalue weighted by atomic mass is 10.1. The fraction of sp³-hybridized carbons (Fsp3) is 0.312. The number of carbonyl (C=O) groups excluding carboxylic acids is 1. The molecule has 1 amide bonds. The summed E-state index contributed by atoms with van der Waals surface area (Å²) < 4.78 is 6.68. The van der Waals surface area contributed by atoms with Crippen LogP contribution >= 0.6 is 27.3 Å². The molecule has 1 atom stereocenters. The Morgan fingerprint density at radius 1 is 1.33 bits per heavy atom. The summed E-state index contributed by atoms with van der Waals surface area (Å²) >= 11 is 4.79. The van der Waals surface area contributed by atoms with E-state index in [9.17, 15) is 4.79 Å². The summed E-state index contributed by atoms with van der Waals surface area (Å²) in [4.78, 5) is 12.8. The number of thiophene rings is 1. The van der Waals surface area contributed by atoms with Gasteiger partial charge in [-0.05, 0) is 59.3 Å². The largest absolute Gasteiger partial charge is 0.491 e. The van der Waals surface area contributed by atoms with E-state index < -0.39 is 0 Å². The third kappa shape index (κ3) is 4.08. The monoisotopic (exact) mass is 367 g/mol. The number of carbonyl (C=O) groups is 1. The van der Waals surface area contributed by atoms with Gasteiger partial charge in [-0.2, -0.15) is 0 Å². The molecule has 1 heterocycles. The van der Waals surface area contributed by atoms with Crippen molar-refractivity contribution in [2.24, 2.45) is 0 Å². The zero-order chi connectivity index (χ0) is 15.4. The highest BCUT2D eigenvalue weighted by atomic mass is 79.9. The molecule has 2 aromatic rings. The molecule has 0 spiro atoms. The number of aryl methyl sites for hydroxylation is 2. The highest BCUT2D eigenvalue weighted by molar-refractivity contribution is 9.10. The third-order valence-corrected chi connectivity index (χ3v) is 4.92. The van der Waals surface area contributed by atoms with Crippen LogP contribution in [0.15, 0.2) is 34.1 Å². The fourth-order valence-electron chi connectivity index (χ4n) is 2.02. The van der Waals surface area contributed by atoms with Crippen molar-refractivity contribution in [3.8, 4) is 5.75 Å². The van der Waals surface area contributed by atoms with E-state index in [4.69, 9.17) is 4.74 Å². The van der Waals surface area contributed by atoms with Crippen LogP contribution in [0.2, 0.25) is 0 Å². The average Bonchev–Trinajstić information content (AvgIpc) is 2.84. The number of hydrogen-bond donors (Lipinski definition) is 1. The molecule has 21 heavy (non-hydrogen) atoms. The summed E-state index contributed by atoms with van der Waals surface area (Å²) in [5.41, 5.74) is 2.21. The Morgan fingerprint density at radius 3 is 2.57 bits per heavy atom. The number of amides is 1. The van der Waals surface area contributed by atoms with Crippen LogP contribution in [0.5, 0.6) is 5.75 Å². The molecular formula is C16H18BrNO2S. The lowest BCUT2D eigenvalue weighted by Crippen LogP contribution is -2.36. The molecule has 5 heteroatoms. The van der Waals surface area contributed by atoms with E-state index in [1.165, 1.54) is 11.3 Å². The van der Waals surface area contributed by atoms with E-state index in [-0.39, 0.29) is 11.9 Å². The van der Waals surface area contributed by atoms with Crippen molar-refractivity contribution in [3.05, 3.63) is 50.1 Å². The molecule has 0 saturated carbocycles. The van der Waals surface area contributed by atoms with Gasteiger partial charge in [0.25, 0.3) is 5.91 Å². The first kappa shape index (κ1) is 16.0. The van der Waals surface area contributed by atoms with Gasteiger partial charge in [0.2, 0.25) is 0 Å². The smallest absolute Gasteiger partial charge is 0.262 e. The van der Waals surface area contributed by atoms with Crippen molar-refractivity contribution in [3.63, 3.8) is 0 Å². The molecule has 1 unspecified atom stereocenters. The normalized spacial score (nSPS) is 12.0. The minimum Gasteiger partial charge on any atom is -0.491 e. The van der Waals surface area contributed by atoms with Gasteiger partial charge in [0.15, 0.2) is 0 Å². The van der Waals surface area contributed by atoms with Crippen LogP contribution in [0, 0.1) is 13.8 Å². The number of hydrogen-bond acceptors (Lipinski definition) is 3. The molecule has 0 aliphatic rings. The lowest BCUT2D eigenvalue weighted by molar-refractivity contribution is 0.0930. The number of ether oxygens (including phenoxy) is 1. The quantitative estimate of drug-likeness (QED) is 0.853. The van der Waals surface area contributed by atoms with E-state index in [0.717, 1.165) is 21.3 Å². The number of para-hydroxylation sites is 1. The van der Waals surface area contributed by atoms with Crippen LogP contribution in [-0.2, 0) is 0 Å². The van der Waals surface area contributed by atoms with Gasteiger partial charge in [-0.3, -0.25) is 4.79 Å². The summed E-state index contributed by atoms with van der Waals surface area (Å²) in [6, 6.07) is 7.86. The standard InChI is InChI=1S/C16H18BrNO2S/c1-10-5-4-6-11(2)14(10)20-9-12(3)18-16(19)15-13(17)7-8-21-15/h4-8,12H,9H2,1-3H3,(H,18,19). The van der Waals surface area contributed by atoms with Crippen LogP contribution in [0.3, 0.4) is 0 Å². The van der Waals surface area contributed by atoms with E-state index >= 15 is 0 Å². The summed E-state index contributed by atoms with van der Waals surface area (Å²) in [5, 5.41) is 4.83. The van der Waals surface area contributed by atoms with Crippen molar-refractivity contribution in [1.82, 2.24) is 5.32 Å². The number of benzene rings is 1. The second kappa shape index (κ2) is 7.09. The Kier molecular flexibility index (Phi) is 5.42. The minimum atomic E-state index is -0.0746. The molecule has 0 saturated heterocycles. The maximum Gasteiger partial charge on any atom is 0.262 e. The van der Waals surface area contributed by atoms with Gasteiger partial charge < -0.3 is 10.1 Å². The molecule has 0 fully saturated rings. The van der Waals surface area contributed by atoms with E-state index in [1.807, 2.05) is 50.4 Å². The van der Waals surface area contributed by atoms with Crippen molar-refractivity contribution in [2.75, 3.05) is 6.61 Å². The van der Waals surface area contributed by atoms with Crippen LogP contribution in [-0.4, -0.2) is 18.6 Å². The first-order valence-corrected chi connectivity index (χ1v) is 8.39. The molecular weight excluding hydrogens is 350 g/mol. The van der Waals surface area contributed by atoms with Crippen molar-refractivity contribution in [1.29, 1.82) is 0 Å². The van der Waals surface area contributed by atoms with Gasteiger partial charge >= 0.3 is 0 Å². The maximum atomic E-state index is 12.1. The van der Waals surface area contributed by atoms with Gasteiger partial charge in [-0.1, -0.05) is 18.2 Å². The second-order valence-electron chi connectivity index (χ2n) is 5.00. The molecule has 0 bridgehead atoms. The summed E-state index contributed by atoms with van der Waals surface area (Å²) in [5.74, 6) is 0.824. The molecule has 0 aliphatic heterocycles. The Bertz CT molecular complexity index is 619. The lowest BCUT2D eigenvalue weighted by Gasteiger charge is -2.17. The highest BCUT2D eigenvalue weighted by Gasteiger charge is 2.15.